The molecule has 2 rings (SSSR count). The molecule has 1 aromatic heterocycles. The Labute approximate surface area is 145 Å². The van der Waals surface area contributed by atoms with Crippen LogP contribution in [0.15, 0.2) is 41.2 Å². The molecule has 0 atom stereocenters. The van der Waals surface area contributed by atoms with Gasteiger partial charge in [0.25, 0.3) is 11.5 Å². The van der Waals surface area contributed by atoms with Crippen molar-refractivity contribution in [2.75, 3.05) is 13.7 Å². The minimum atomic E-state index is -0.381. The lowest BCUT2D eigenvalue weighted by molar-refractivity contribution is 0.0600. The van der Waals surface area contributed by atoms with Gasteiger partial charge in [0.15, 0.2) is 0 Å². The van der Waals surface area contributed by atoms with Crippen molar-refractivity contribution in [1.82, 2.24) is 15.1 Å². The van der Waals surface area contributed by atoms with Crippen LogP contribution in [0.4, 0.5) is 0 Å². The number of rotatable bonds is 7. The van der Waals surface area contributed by atoms with Crippen LogP contribution < -0.4 is 10.9 Å². The molecule has 1 aromatic carbocycles. The lowest BCUT2D eigenvalue weighted by Gasteiger charge is -2.07. The van der Waals surface area contributed by atoms with Crippen LogP contribution in [0.3, 0.4) is 0 Å². The second-order valence-corrected chi connectivity index (χ2v) is 5.47. The summed E-state index contributed by atoms with van der Waals surface area (Å²) in [5.74, 6) is -0.704. The fraction of sp³-hybridized carbons (Fsp3) is 0.333. The van der Waals surface area contributed by atoms with Crippen molar-refractivity contribution in [3.63, 3.8) is 0 Å². The Morgan fingerprint density at radius 3 is 2.52 bits per heavy atom. The largest absolute Gasteiger partial charge is 0.465 e. The summed E-state index contributed by atoms with van der Waals surface area (Å²) in [6, 6.07) is 9.78. The maximum Gasteiger partial charge on any atom is 0.337 e. The number of esters is 1. The number of aromatic nitrogens is 2. The summed E-state index contributed by atoms with van der Waals surface area (Å²) in [6.07, 6.45) is 1.38. The Morgan fingerprint density at radius 1 is 1.16 bits per heavy atom. The molecule has 0 bridgehead atoms. The van der Waals surface area contributed by atoms with Gasteiger partial charge in [-0.15, -0.1) is 0 Å². The number of carbonyl (C=O) groups excluding carboxylic acids is 2. The van der Waals surface area contributed by atoms with Crippen LogP contribution in [0.5, 0.6) is 0 Å². The predicted octanol–water partition coefficient (Wildman–Crippen LogP) is 1.41. The molecule has 132 valence electrons. The van der Waals surface area contributed by atoms with E-state index < -0.39 is 0 Å². The molecule has 1 N–H and O–H groups in total. The first-order valence-electron chi connectivity index (χ1n) is 8.08. The number of aryl methyl sites for hydroxylation is 1. The predicted molar refractivity (Wildman–Crippen MR) is 92.6 cm³/mol. The molecule has 0 aliphatic carbocycles. The summed E-state index contributed by atoms with van der Waals surface area (Å²) in [7, 11) is 1.34. The SMILES string of the molecule is CCCn1nc(C(=O)NCCc2ccc(C(=O)OC)cc2)ccc1=O. The van der Waals surface area contributed by atoms with Gasteiger partial charge in [-0.2, -0.15) is 5.10 Å². The Balaban J connectivity index is 1.91. The van der Waals surface area contributed by atoms with E-state index in [9.17, 15) is 14.4 Å². The molecule has 7 heteroatoms. The van der Waals surface area contributed by atoms with Crippen molar-refractivity contribution < 1.29 is 14.3 Å². The molecule has 0 radical (unpaired) electrons. The van der Waals surface area contributed by atoms with Crippen molar-refractivity contribution in [1.29, 1.82) is 0 Å². The first-order valence-corrected chi connectivity index (χ1v) is 8.08. The number of ether oxygens (including phenoxy) is 1. The smallest absolute Gasteiger partial charge is 0.337 e. The van der Waals surface area contributed by atoms with E-state index in [0.29, 0.717) is 25.1 Å². The molecule has 1 amide bonds. The van der Waals surface area contributed by atoms with Gasteiger partial charge in [-0.1, -0.05) is 19.1 Å². The number of amides is 1. The number of methoxy groups -OCH3 is 1. The maximum absolute atomic E-state index is 12.1. The van der Waals surface area contributed by atoms with E-state index in [1.165, 1.54) is 23.9 Å². The van der Waals surface area contributed by atoms with Crippen LogP contribution in [0, 0.1) is 0 Å². The molecular weight excluding hydrogens is 322 g/mol. The van der Waals surface area contributed by atoms with Crippen molar-refractivity contribution in [3.8, 4) is 0 Å². The van der Waals surface area contributed by atoms with Gasteiger partial charge in [-0.3, -0.25) is 9.59 Å². The van der Waals surface area contributed by atoms with Crippen LogP contribution >= 0.6 is 0 Å². The Hall–Kier alpha value is -2.96. The molecule has 0 aliphatic rings. The molecule has 0 unspecified atom stereocenters. The van der Waals surface area contributed by atoms with Crippen LogP contribution in [0.1, 0.15) is 39.8 Å². The number of nitrogens with one attached hydrogen (secondary N) is 1. The minimum absolute atomic E-state index is 0.217. The summed E-state index contributed by atoms with van der Waals surface area (Å²) in [5.41, 5.74) is 1.47. The molecule has 0 saturated carbocycles. The first kappa shape index (κ1) is 18.4. The average Bonchev–Trinajstić information content (AvgIpc) is 2.63. The van der Waals surface area contributed by atoms with E-state index in [-0.39, 0.29) is 23.1 Å². The van der Waals surface area contributed by atoms with Crippen molar-refractivity contribution in [2.24, 2.45) is 0 Å². The summed E-state index contributed by atoms with van der Waals surface area (Å²) >= 11 is 0. The number of benzene rings is 1. The van der Waals surface area contributed by atoms with Gasteiger partial charge in [0.05, 0.1) is 12.7 Å². The summed E-state index contributed by atoms with van der Waals surface area (Å²) in [6.45, 7) is 2.84. The minimum Gasteiger partial charge on any atom is -0.465 e. The summed E-state index contributed by atoms with van der Waals surface area (Å²) < 4.78 is 5.94. The van der Waals surface area contributed by atoms with Gasteiger partial charge >= 0.3 is 5.97 Å². The molecule has 2 aromatic rings. The van der Waals surface area contributed by atoms with Crippen LogP contribution in [-0.2, 0) is 17.7 Å². The second kappa shape index (κ2) is 8.77. The molecule has 0 fully saturated rings. The number of nitrogens with zero attached hydrogens (tertiary/aromatic N) is 2. The third-order valence-corrected chi connectivity index (χ3v) is 3.61. The fourth-order valence-corrected chi connectivity index (χ4v) is 2.28. The van der Waals surface area contributed by atoms with Gasteiger partial charge in [-0.25, -0.2) is 9.48 Å². The van der Waals surface area contributed by atoms with Gasteiger partial charge in [0, 0.05) is 19.2 Å². The van der Waals surface area contributed by atoms with E-state index in [4.69, 9.17) is 0 Å². The highest BCUT2D eigenvalue weighted by Gasteiger charge is 2.09. The van der Waals surface area contributed by atoms with E-state index >= 15 is 0 Å². The highest BCUT2D eigenvalue weighted by atomic mass is 16.5. The van der Waals surface area contributed by atoms with Gasteiger partial charge in [0.2, 0.25) is 0 Å². The second-order valence-electron chi connectivity index (χ2n) is 5.47. The third-order valence-electron chi connectivity index (χ3n) is 3.61. The zero-order chi connectivity index (χ0) is 18.2. The molecular formula is C18H21N3O4. The molecule has 1 heterocycles. The number of hydrogen-bond donors (Lipinski definition) is 1. The zero-order valence-electron chi connectivity index (χ0n) is 14.3. The third kappa shape index (κ3) is 5.00. The monoisotopic (exact) mass is 343 g/mol. The standard InChI is InChI=1S/C18H21N3O4/c1-3-12-21-16(22)9-8-15(20-21)17(23)19-11-10-13-4-6-14(7-5-13)18(24)25-2/h4-9H,3,10-12H2,1-2H3,(H,19,23). The normalized spacial score (nSPS) is 10.3. The summed E-state index contributed by atoms with van der Waals surface area (Å²) in [5, 5.41) is 6.85. The van der Waals surface area contributed by atoms with Crippen molar-refractivity contribution in [3.05, 3.63) is 63.6 Å². The summed E-state index contributed by atoms with van der Waals surface area (Å²) in [4.78, 5) is 35.1. The molecule has 0 aliphatic heterocycles. The first-order chi connectivity index (χ1) is 12.0. The van der Waals surface area contributed by atoms with Gasteiger partial charge in [0.1, 0.15) is 5.69 Å². The van der Waals surface area contributed by atoms with E-state index in [0.717, 1.165) is 12.0 Å². The molecule has 7 nitrogen and oxygen atoms in total. The quantitative estimate of drug-likeness (QED) is 0.768. The number of carbonyl (C=O) groups is 2. The molecule has 0 spiro atoms. The lowest BCUT2D eigenvalue weighted by atomic mass is 10.1. The van der Waals surface area contributed by atoms with Gasteiger partial charge in [-0.05, 0) is 36.6 Å². The molecule has 25 heavy (non-hydrogen) atoms. The van der Waals surface area contributed by atoms with E-state index in [1.807, 2.05) is 19.1 Å². The lowest BCUT2D eigenvalue weighted by Crippen LogP contribution is -2.30. The van der Waals surface area contributed by atoms with Crippen LogP contribution in [0.25, 0.3) is 0 Å². The fourth-order valence-electron chi connectivity index (χ4n) is 2.28. The Kier molecular flexibility index (Phi) is 6.45. The average molecular weight is 343 g/mol. The topological polar surface area (TPSA) is 90.3 Å². The molecule has 0 saturated heterocycles. The number of hydrogen-bond acceptors (Lipinski definition) is 5. The van der Waals surface area contributed by atoms with Crippen molar-refractivity contribution >= 4 is 11.9 Å². The highest BCUT2D eigenvalue weighted by Crippen LogP contribution is 2.06. The maximum atomic E-state index is 12.1. The zero-order valence-corrected chi connectivity index (χ0v) is 14.3. The Bertz CT molecular complexity index is 797. The highest BCUT2D eigenvalue weighted by molar-refractivity contribution is 5.92. The Morgan fingerprint density at radius 2 is 1.88 bits per heavy atom. The van der Waals surface area contributed by atoms with Crippen LogP contribution in [-0.4, -0.2) is 35.3 Å². The van der Waals surface area contributed by atoms with Crippen LogP contribution in [0.2, 0.25) is 0 Å². The van der Waals surface area contributed by atoms with E-state index in [2.05, 4.69) is 15.2 Å². The van der Waals surface area contributed by atoms with Gasteiger partial charge < -0.3 is 10.1 Å². The van der Waals surface area contributed by atoms with E-state index in [1.54, 1.807) is 12.1 Å². The van der Waals surface area contributed by atoms with Crippen molar-refractivity contribution in [2.45, 2.75) is 26.3 Å².